The van der Waals surface area contributed by atoms with Gasteiger partial charge in [0.05, 0.1) is 12.7 Å². The van der Waals surface area contributed by atoms with Crippen molar-refractivity contribution in [1.29, 1.82) is 0 Å². The highest BCUT2D eigenvalue weighted by molar-refractivity contribution is 5.97. The first-order chi connectivity index (χ1) is 14.5. The molecule has 160 valence electrons. The number of hydrogen-bond acceptors (Lipinski definition) is 3. The van der Waals surface area contributed by atoms with Gasteiger partial charge in [-0.15, -0.1) is 0 Å². The van der Waals surface area contributed by atoms with Crippen LogP contribution in [-0.4, -0.2) is 54.9 Å². The van der Waals surface area contributed by atoms with Gasteiger partial charge in [-0.1, -0.05) is 50.2 Å². The molecular formula is C25H32N2O3. The Morgan fingerprint density at radius 1 is 0.933 bits per heavy atom. The fourth-order valence-corrected chi connectivity index (χ4v) is 3.84. The lowest BCUT2D eigenvalue weighted by Crippen LogP contribution is -2.37. The van der Waals surface area contributed by atoms with E-state index in [0.29, 0.717) is 49.8 Å². The van der Waals surface area contributed by atoms with Crippen LogP contribution in [0.5, 0.6) is 5.75 Å². The van der Waals surface area contributed by atoms with Crippen LogP contribution in [0.2, 0.25) is 0 Å². The maximum absolute atomic E-state index is 12.9. The maximum atomic E-state index is 12.9. The van der Waals surface area contributed by atoms with Crippen molar-refractivity contribution in [3.05, 3.63) is 65.2 Å². The van der Waals surface area contributed by atoms with Gasteiger partial charge in [0.2, 0.25) is 5.91 Å². The molecule has 0 unspecified atom stereocenters. The number of carbonyl (C=O) groups excluding carboxylic acids is 2. The van der Waals surface area contributed by atoms with E-state index in [1.165, 1.54) is 11.1 Å². The molecule has 0 N–H and O–H groups in total. The second-order valence-electron chi connectivity index (χ2n) is 8.12. The smallest absolute Gasteiger partial charge is 0.257 e. The Hall–Kier alpha value is -2.82. The molecule has 1 aliphatic rings. The lowest BCUT2D eigenvalue weighted by Gasteiger charge is -2.23. The van der Waals surface area contributed by atoms with Crippen LogP contribution in [0.4, 0.5) is 0 Å². The molecule has 5 heteroatoms. The Labute approximate surface area is 179 Å². The molecule has 1 aliphatic heterocycles. The third kappa shape index (κ3) is 5.41. The molecular weight excluding hydrogens is 376 g/mol. The number of amides is 2. The van der Waals surface area contributed by atoms with E-state index in [2.05, 4.69) is 38.1 Å². The lowest BCUT2D eigenvalue weighted by atomic mass is 10.0. The third-order valence-electron chi connectivity index (χ3n) is 5.75. The summed E-state index contributed by atoms with van der Waals surface area (Å²) in [4.78, 5) is 29.4. The summed E-state index contributed by atoms with van der Waals surface area (Å²) in [7, 11) is 1.57. The van der Waals surface area contributed by atoms with Crippen LogP contribution in [0.3, 0.4) is 0 Å². The van der Waals surface area contributed by atoms with Crippen molar-refractivity contribution in [2.45, 2.75) is 39.0 Å². The molecule has 0 atom stereocenters. The largest absolute Gasteiger partial charge is 0.496 e. The number of benzene rings is 2. The summed E-state index contributed by atoms with van der Waals surface area (Å²) in [5.41, 5.74) is 3.08. The van der Waals surface area contributed by atoms with Crippen molar-refractivity contribution in [3.8, 4) is 5.75 Å². The minimum Gasteiger partial charge on any atom is -0.496 e. The minimum absolute atomic E-state index is 0.0352. The fraction of sp³-hybridized carbons (Fsp3) is 0.440. The van der Waals surface area contributed by atoms with E-state index in [1.54, 1.807) is 19.2 Å². The van der Waals surface area contributed by atoms with E-state index >= 15 is 0 Å². The van der Waals surface area contributed by atoms with E-state index < -0.39 is 0 Å². The van der Waals surface area contributed by atoms with Gasteiger partial charge in [-0.2, -0.15) is 0 Å². The number of rotatable bonds is 6. The van der Waals surface area contributed by atoms with Gasteiger partial charge in [-0.05, 0) is 42.0 Å². The van der Waals surface area contributed by atoms with Crippen molar-refractivity contribution < 1.29 is 14.3 Å². The monoisotopic (exact) mass is 408 g/mol. The fourth-order valence-electron chi connectivity index (χ4n) is 3.84. The van der Waals surface area contributed by atoms with E-state index in [9.17, 15) is 9.59 Å². The van der Waals surface area contributed by atoms with Crippen LogP contribution in [0.15, 0.2) is 48.5 Å². The number of nitrogens with zero attached hydrogens (tertiary/aromatic N) is 2. The average molecular weight is 409 g/mol. The molecule has 0 spiro atoms. The van der Waals surface area contributed by atoms with Gasteiger partial charge in [0.25, 0.3) is 5.91 Å². The first-order valence-electron chi connectivity index (χ1n) is 10.8. The molecule has 0 aromatic heterocycles. The maximum Gasteiger partial charge on any atom is 0.257 e. The summed E-state index contributed by atoms with van der Waals surface area (Å²) < 4.78 is 5.33. The highest BCUT2D eigenvalue weighted by atomic mass is 16.5. The molecule has 0 radical (unpaired) electrons. The van der Waals surface area contributed by atoms with Gasteiger partial charge in [-0.25, -0.2) is 0 Å². The summed E-state index contributed by atoms with van der Waals surface area (Å²) in [6, 6.07) is 15.8. The predicted octanol–water partition coefficient (Wildman–Crippen LogP) is 4.13. The second-order valence-corrected chi connectivity index (χ2v) is 8.12. The Morgan fingerprint density at radius 2 is 1.60 bits per heavy atom. The van der Waals surface area contributed by atoms with E-state index in [4.69, 9.17) is 4.74 Å². The molecule has 2 amide bonds. The van der Waals surface area contributed by atoms with Crippen LogP contribution in [0, 0.1) is 0 Å². The molecule has 30 heavy (non-hydrogen) atoms. The van der Waals surface area contributed by atoms with Crippen molar-refractivity contribution in [2.24, 2.45) is 0 Å². The predicted molar refractivity (Wildman–Crippen MR) is 119 cm³/mol. The topological polar surface area (TPSA) is 49.9 Å². The standard InChI is InChI=1S/C25H32N2O3/c1-19(2)21-12-9-20(10-13-21)11-14-24(28)26-15-6-16-27(18-17-26)25(29)22-7-4-5-8-23(22)30-3/h4-5,7-10,12-13,19H,6,11,14-18H2,1-3H3. The zero-order chi connectivity index (χ0) is 21.5. The van der Waals surface area contributed by atoms with Gasteiger partial charge in [0, 0.05) is 32.6 Å². The van der Waals surface area contributed by atoms with Gasteiger partial charge in [0.15, 0.2) is 0 Å². The zero-order valence-electron chi connectivity index (χ0n) is 18.3. The highest BCUT2D eigenvalue weighted by Crippen LogP contribution is 2.20. The van der Waals surface area contributed by atoms with Gasteiger partial charge in [-0.3, -0.25) is 9.59 Å². The van der Waals surface area contributed by atoms with Gasteiger partial charge < -0.3 is 14.5 Å². The van der Waals surface area contributed by atoms with E-state index in [-0.39, 0.29) is 11.8 Å². The van der Waals surface area contributed by atoms with Crippen molar-refractivity contribution in [1.82, 2.24) is 9.80 Å². The van der Waals surface area contributed by atoms with Crippen molar-refractivity contribution in [3.63, 3.8) is 0 Å². The van der Waals surface area contributed by atoms with Crippen molar-refractivity contribution >= 4 is 11.8 Å². The molecule has 2 aromatic carbocycles. The normalized spacial score (nSPS) is 14.5. The van der Waals surface area contributed by atoms with Gasteiger partial charge in [0.1, 0.15) is 5.75 Å². The number of para-hydroxylation sites is 1. The zero-order valence-corrected chi connectivity index (χ0v) is 18.3. The molecule has 1 saturated heterocycles. The highest BCUT2D eigenvalue weighted by Gasteiger charge is 2.24. The van der Waals surface area contributed by atoms with E-state index in [0.717, 1.165) is 12.8 Å². The molecule has 0 saturated carbocycles. The minimum atomic E-state index is -0.0352. The number of carbonyl (C=O) groups is 2. The molecule has 2 aromatic rings. The Balaban J connectivity index is 1.54. The Morgan fingerprint density at radius 3 is 2.30 bits per heavy atom. The Bertz CT molecular complexity index is 861. The Kier molecular flexibility index (Phi) is 7.50. The lowest BCUT2D eigenvalue weighted by molar-refractivity contribution is -0.131. The molecule has 3 rings (SSSR count). The average Bonchev–Trinajstić information content (AvgIpc) is 3.03. The number of aryl methyl sites for hydroxylation is 1. The quantitative estimate of drug-likeness (QED) is 0.722. The van der Waals surface area contributed by atoms with Gasteiger partial charge >= 0.3 is 0 Å². The molecule has 0 aliphatic carbocycles. The van der Waals surface area contributed by atoms with Crippen molar-refractivity contribution in [2.75, 3.05) is 33.3 Å². The first kappa shape index (κ1) is 21.9. The number of methoxy groups -OCH3 is 1. The SMILES string of the molecule is COc1ccccc1C(=O)N1CCCN(C(=O)CCc2ccc(C(C)C)cc2)CC1. The second kappa shape index (κ2) is 10.3. The number of ether oxygens (including phenoxy) is 1. The van der Waals surface area contributed by atoms with Crippen LogP contribution in [-0.2, 0) is 11.2 Å². The van der Waals surface area contributed by atoms with Crippen LogP contribution in [0.1, 0.15) is 54.1 Å². The first-order valence-corrected chi connectivity index (χ1v) is 10.8. The summed E-state index contributed by atoms with van der Waals surface area (Å²) in [5, 5.41) is 0. The van der Waals surface area contributed by atoms with E-state index in [1.807, 2.05) is 21.9 Å². The third-order valence-corrected chi connectivity index (χ3v) is 5.75. The summed E-state index contributed by atoms with van der Waals surface area (Å²) in [6.45, 7) is 6.83. The molecule has 1 fully saturated rings. The van der Waals surface area contributed by atoms with Crippen LogP contribution in [0.25, 0.3) is 0 Å². The summed E-state index contributed by atoms with van der Waals surface area (Å²) in [6.07, 6.45) is 2.04. The number of hydrogen-bond donors (Lipinski definition) is 0. The molecule has 1 heterocycles. The molecule has 0 bridgehead atoms. The summed E-state index contributed by atoms with van der Waals surface area (Å²) in [5.74, 6) is 1.23. The summed E-state index contributed by atoms with van der Waals surface area (Å²) >= 11 is 0. The van der Waals surface area contributed by atoms with Crippen LogP contribution >= 0.6 is 0 Å². The molecule has 5 nitrogen and oxygen atoms in total. The van der Waals surface area contributed by atoms with Crippen LogP contribution < -0.4 is 4.74 Å².